The van der Waals surface area contributed by atoms with Crippen LogP contribution in [0.5, 0.6) is 0 Å². The molecule has 38 heavy (non-hydrogen) atoms. The topological polar surface area (TPSA) is 91.0 Å². The van der Waals surface area contributed by atoms with Crippen LogP contribution in [0.25, 0.3) is 17.1 Å². The first kappa shape index (κ1) is 25.1. The summed E-state index contributed by atoms with van der Waals surface area (Å²) in [7, 11) is 0. The van der Waals surface area contributed by atoms with Crippen molar-refractivity contribution in [1.29, 1.82) is 0 Å². The Balaban J connectivity index is 1.75. The molecule has 0 saturated carbocycles. The average Bonchev–Trinajstić information content (AvgIpc) is 3.42. The molecule has 9 nitrogen and oxygen atoms in total. The van der Waals surface area contributed by atoms with Gasteiger partial charge in [0, 0.05) is 5.69 Å². The zero-order valence-electron chi connectivity index (χ0n) is 21.9. The van der Waals surface area contributed by atoms with E-state index in [9.17, 15) is 9.18 Å². The summed E-state index contributed by atoms with van der Waals surface area (Å²) in [6.07, 6.45) is 0.986. The molecule has 0 fully saturated rings. The molecule has 0 N–H and O–H groups in total. The van der Waals surface area contributed by atoms with Gasteiger partial charge in [0.15, 0.2) is 17.0 Å². The summed E-state index contributed by atoms with van der Waals surface area (Å²) in [6, 6.07) is 17.4. The lowest BCUT2D eigenvalue weighted by molar-refractivity contribution is 0.0598. The smallest absolute Gasteiger partial charge is 0.420 e. The van der Waals surface area contributed by atoms with E-state index in [0.29, 0.717) is 23.4 Å². The second kappa shape index (κ2) is 9.70. The first-order valence-corrected chi connectivity index (χ1v) is 12.2. The van der Waals surface area contributed by atoms with Crippen molar-refractivity contribution in [3.8, 4) is 5.95 Å². The Morgan fingerprint density at radius 1 is 1.03 bits per heavy atom. The fourth-order valence-electron chi connectivity index (χ4n) is 4.11. The molecular weight excluding hydrogens is 485 g/mol. The summed E-state index contributed by atoms with van der Waals surface area (Å²) >= 11 is 0. The molecule has 2 aromatic carbocycles. The van der Waals surface area contributed by atoms with Crippen molar-refractivity contribution in [2.45, 2.75) is 46.8 Å². The van der Waals surface area contributed by atoms with Crippen molar-refractivity contribution < 1.29 is 13.9 Å². The second-order valence-electron chi connectivity index (χ2n) is 10.0. The van der Waals surface area contributed by atoms with Gasteiger partial charge < -0.3 is 9.30 Å². The minimum absolute atomic E-state index is 0.199. The Hall–Kier alpha value is -4.60. The van der Waals surface area contributed by atoms with Gasteiger partial charge in [-0.15, -0.1) is 0 Å². The van der Waals surface area contributed by atoms with Crippen LogP contribution in [0, 0.1) is 19.7 Å². The summed E-state index contributed by atoms with van der Waals surface area (Å²) in [5.74, 6) is 0.0370. The van der Waals surface area contributed by atoms with Crippen LogP contribution in [0.1, 0.15) is 37.7 Å². The predicted molar refractivity (Wildman–Crippen MR) is 142 cm³/mol. The minimum atomic E-state index is -0.785. The van der Waals surface area contributed by atoms with Crippen LogP contribution in [0.2, 0.25) is 0 Å². The molecule has 0 atom stereocenters. The molecule has 1 amide bonds. The number of carbonyl (C=O) groups excluding carboxylic acids is 1. The number of anilines is 2. The van der Waals surface area contributed by atoms with Crippen molar-refractivity contribution >= 4 is 28.8 Å². The standard InChI is InChI=1S/C28H28FN7O2/c1-18-15-19(2)36(33-18)26-31-24-23(30-17-34(24)16-20-9-7-6-8-10-20)25(32-26)35(27(37)38-28(3,4)5)22-13-11-21(29)12-14-22/h6-15,17H,16H2,1-5H3. The SMILES string of the molecule is Cc1cc(C)n(-c2nc(N(C(=O)OC(C)(C)C)c3ccc(F)cc3)c3ncn(Cc4ccccc4)c3n2)n1. The first-order valence-electron chi connectivity index (χ1n) is 12.2. The van der Waals surface area contributed by atoms with E-state index in [1.165, 1.54) is 29.2 Å². The van der Waals surface area contributed by atoms with Gasteiger partial charge in [-0.2, -0.15) is 15.1 Å². The van der Waals surface area contributed by atoms with E-state index in [4.69, 9.17) is 14.7 Å². The maximum atomic E-state index is 13.8. The van der Waals surface area contributed by atoms with Crippen molar-refractivity contribution in [3.05, 3.63) is 89.8 Å². The molecular formula is C28H28FN7O2. The summed E-state index contributed by atoms with van der Waals surface area (Å²) in [5.41, 5.74) is 3.17. The number of benzene rings is 2. The number of hydrogen-bond acceptors (Lipinski definition) is 6. The van der Waals surface area contributed by atoms with Gasteiger partial charge in [-0.3, -0.25) is 0 Å². The molecule has 0 unspecified atom stereocenters. The molecule has 5 aromatic rings. The predicted octanol–water partition coefficient (Wildman–Crippen LogP) is 5.89. The Morgan fingerprint density at radius 3 is 2.37 bits per heavy atom. The van der Waals surface area contributed by atoms with Crippen LogP contribution in [0.15, 0.2) is 67.0 Å². The Bertz CT molecular complexity index is 1600. The molecule has 0 spiro atoms. The summed E-state index contributed by atoms with van der Waals surface area (Å²) in [4.78, 5) is 29.1. The molecule has 0 radical (unpaired) electrons. The highest BCUT2D eigenvalue weighted by atomic mass is 19.1. The van der Waals surface area contributed by atoms with Crippen LogP contribution in [0.3, 0.4) is 0 Å². The number of hydrogen-bond donors (Lipinski definition) is 0. The van der Waals surface area contributed by atoms with E-state index in [0.717, 1.165) is 17.0 Å². The minimum Gasteiger partial charge on any atom is -0.443 e. The van der Waals surface area contributed by atoms with Crippen LogP contribution >= 0.6 is 0 Å². The maximum Gasteiger partial charge on any atom is 0.420 e. The van der Waals surface area contributed by atoms with Crippen molar-refractivity contribution in [3.63, 3.8) is 0 Å². The lowest BCUT2D eigenvalue weighted by atomic mass is 10.2. The Kier molecular flexibility index (Phi) is 6.40. The third kappa shape index (κ3) is 5.10. The molecule has 0 saturated heterocycles. The number of imidazole rings is 1. The number of rotatable bonds is 5. The monoisotopic (exact) mass is 513 g/mol. The normalized spacial score (nSPS) is 11.6. The highest BCUT2D eigenvalue weighted by Crippen LogP contribution is 2.32. The molecule has 3 heterocycles. The number of nitrogens with zero attached hydrogens (tertiary/aromatic N) is 7. The number of aryl methyl sites for hydroxylation is 2. The van der Waals surface area contributed by atoms with Crippen LogP contribution in [-0.4, -0.2) is 41.0 Å². The van der Waals surface area contributed by atoms with Gasteiger partial charge in [0.2, 0.25) is 0 Å². The number of fused-ring (bicyclic) bond motifs is 1. The fourth-order valence-corrected chi connectivity index (χ4v) is 4.11. The quantitative estimate of drug-likeness (QED) is 0.291. The largest absolute Gasteiger partial charge is 0.443 e. The fraction of sp³-hybridized carbons (Fsp3) is 0.250. The average molecular weight is 514 g/mol. The molecule has 0 aliphatic carbocycles. The number of halogens is 1. The zero-order chi connectivity index (χ0) is 27.0. The van der Waals surface area contributed by atoms with E-state index < -0.39 is 17.5 Å². The molecule has 194 valence electrons. The third-order valence-electron chi connectivity index (χ3n) is 5.70. The summed E-state index contributed by atoms with van der Waals surface area (Å²) in [6.45, 7) is 9.62. The Morgan fingerprint density at radius 2 is 1.74 bits per heavy atom. The first-order chi connectivity index (χ1) is 18.1. The van der Waals surface area contributed by atoms with Crippen LogP contribution in [-0.2, 0) is 11.3 Å². The lowest BCUT2D eigenvalue weighted by Crippen LogP contribution is -2.34. The van der Waals surface area contributed by atoms with E-state index in [2.05, 4.69) is 10.1 Å². The third-order valence-corrected chi connectivity index (χ3v) is 5.70. The summed E-state index contributed by atoms with van der Waals surface area (Å²) in [5, 5.41) is 4.55. The highest BCUT2D eigenvalue weighted by Gasteiger charge is 2.30. The van der Waals surface area contributed by atoms with E-state index in [-0.39, 0.29) is 11.8 Å². The number of amides is 1. The van der Waals surface area contributed by atoms with Crippen LogP contribution < -0.4 is 4.90 Å². The van der Waals surface area contributed by atoms with E-state index in [1.54, 1.807) is 31.8 Å². The van der Waals surface area contributed by atoms with Crippen molar-refractivity contribution in [1.82, 2.24) is 29.3 Å². The molecule has 0 aliphatic rings. The zero-order valence-corrected chi connectivity index (χ0v) is 21.9. The highest BCUT2D eigenvalue weighted by molar-refractivity contribution is 6.02. The van der Waals surface area contributed by atoms with Gasteiger partial charge >= 0.3 is 6.09 Å². The lowest BCUT2D eigenvalue weighted by Gasteiger charge is -2.27. The summed E-state index contributed by atoms with van der Waals surface area (Å²) < 4.78 is 23.1. The van der Waals surface area contributed by atoms with Gasteiger partial charge in [-0.1, -0.05) is 30.3 Å². The van der Waals surface area contributed by atoms with Gasteiger partial charge in [-0.25, -0.2) is 23.8 Å². The van der Waals surface area contributed by atoms with Gasteiger partial charge in [0.05, 0.1) is 24.3 Å². The van der Waals surface area contributed by atoms with Gasteiger partial charge in [0.25, 0.3) is 5.95 Å². The van der Waals surface area contributed by atoms with E-state index in [1.807, 2.05) is 54.8 Å². The second-order valence-corrected chi connectivity index (χ2v) is 10.0. The van der Waals surface area contributed by atoms with Gasteiger partial charge in [-0.05, 0) is 70.5 Å². The Labute approximate surface area is 219 Å². The molecule has 3 aromatic heterocycles. The number of carbonyl (C=O) groups is 1. The number of ether oxygens (including phenoxy) is 1. The molecule has 10 heteroatoms. The van der Waals surface area contributed by atoms with Gasteiger partial charge in [0.1, 0.15) is 11.4 Å². The van der Waals surface area contributed by atoms with Crippen molar-refractivity contribution in [2.75, 3.05) is 4.90 Å². The van der Waals surface area contributed by atoms with Crippen LogP contribution in [0.4, 0.5) is 20.7 Å². The molecule has 0 bridgehead atoms. The molecule has 5 rings (SSSR count). The van der Waals surface area contributed by atoms with Crippen molar-refractivity contribution in [2.24, 2.45) is 0 Å². The number of aromatic nitrogens is 6. The van der Waals surface area contributed by atoms with E-state index >= 15 is 0 Å². The maximum absolute atomic E-state index is 13.8. The molecule has 0 aliphatic heterocycles.